The van der Waals surface area contributed by atoms with Crippen LogP contribution in [0, 0.1) is 10.1 Å². The number of nitrogens with zero attached hydrogens (tertiary/aromatic N) is 1. The lowest BCUT2D eigenvalue weighted by atomic mass is 10.3. The highest BCUT2D eigenvalue weighted by molar-refractivity contribution is 6.17. The summed E-state index contributed by atoms with van der Waals surface area (Å²) < 4.78 is 10.2. The van der Waals surface area contributed by atoms with Crippen LogP contribution in [-0.2, 0) is 0 Å². The van der Waals surface area contributed by atoms with Crippen LogP contribution in [0.1, 0.15) is 6.42 Å². The van der Waals surface area contributed by atoms with Gasteiger partial charge < -0.3 is 9.47 Å². The number of benzene rings is 1. The van der Waals surface area contributed by atoms with Gasteiger partial charge in [0, 0.05) is 5.88 Å². The lowest BCUT2D eigenvalue weighted by Gasteiger charge is -2.06. The molecule has 1 aromatic carbocycles. The normalized spacial score (nSPS) is 9.88. The van der Waals surface area contributed by atoms with E-state index in [-0.39, 0.29) is 11.4 Å². The topological polar surface area (TPSA) is 61.6 Å². The van der Waals surface area contributed by atoms with E-state index in [1.54, 1.807) is 6.07 Å². The molecule has 0 aliphatic heterocycles. The standard InChI is InChI=1S/C10H12ClNO4/c1-15-10-4-3-8(16-6-2-5-11)7-9(10)12(13)14/h3-4,7H,2,5-6H2,1H3. The van der Waals surface area contributed by atoms with Crippen molar-refractivity contribution in [3.8, 4) is 11.5 Å². The summed E-state index contributed by atoms with van der Waals surface area (Å²) in [6.07, 6.45) is 0.696. The second-order valence-corrected chi connectivity index (χ2v) is 3.36. The van der Waals surface area contributed by atoms with Gasteiger partial charge in [-0.2, -0.15) is 0 Å². The van der Waals surface area contributed by atoms with Crippen LogP contribution < -0.4 is 9.47 Å². The largest absolute Gasteiger partial charge is 0.493 e. The van der Waals surface area contributed by atoms with Crippen molar-refractivity contribution >= 4 is 17.3 Å². The maximum Gasteiger partial charge on any atom is 0.314 e. The van der Waals surface area contributed by atoms with Gasteiger partial charge in [-0.3, -0.25) is 10.1 Å². The number of alkyl halides is 1. The van der Waals surface area contributed by atoms with Crippen molar-refractivity contribution in [1.82, 2.24) is 0 Å². The molecule has 6 heteroatoms. The van der Waals surface area contributed by atoms with Crippen molar-refractivity contribution < 1.29 is 14.4 Å². The molecular formula is C10H12ClNO4. The first-order valence-corrected chi connectivity index (χ1v) is 5.23. The molecule has 5 nitrogen and oxygen atoms in total. The molecule has 0 saturated heterocycles. The van der Waals surface area contributed by atoms with Crippen molar-refractivity contribution in [3.63, 3.8) is 0 Å². The first-order valence-electron chi connectivity index (χ1n) is 4.70. The van der Waals surface area contributed by atoms with E-state index in [1.165, 1.54) is 19.2 Å². The molecule has 0 spiro atoms. The molecule has 0 heterocycles. The van der Waals surface area contributed by atoms with Crippen LogP contribution in [0.4, 0.5) is 5.69 Å². The van der Waals surface area contributed by atoms with Gasteiger partial charge in [-0.05, 0) is 18.6 Å². The van der Waals surface area contributed by atoms with Crippen LogP contribution in [0.2, 0.25) is 0 Å². The van der Waals surface area contributed by atoms with Crippen LogP contribution in [0.3, 0.4) is 0 Å². The first kappa shape index (κ1) is 12.6. The second kappa shape index (κ2) is 6.17. The first-order chi connectivity index (χ1) is 7.69. The highest BCUT2D eigenvalue weighted by atomic mass is 35.5. The Bertz CT molecular complexity index is 370. The summed E-state index contributed by atoms with van der Waals surface area (Å²) in [5.74, 6) is 1.16. The SMILES string of the molecule is COc1ccc(OCCCCl)cc1[N+](=O)[O-]. The third-order valence-corrected chi connectivity index (χ3v) is 2.16. The molecule has 16 heavy (non-hydrogen) atoms. The van der Waals surface area contributed by atoms with Gasteiger partial charge in [-0.25, -0.2) is 0 Å². The number of rotatable bonds is 6. The minimum Gasteiger partial charge on any atom is -0.493 e. The molecule has 0 saturated carbocycles. The monoisotopic (exact) mass is 245 g/mol. The van der Waals surface area contributed by atoms with Crippen molar-refractivity contribution in [3.05, 3.63) is 28.3 Å². The van der Waals surface area contributed by atoms with Gasteiger partial charge in [0.25, 0.3) is 0 Å². The van der Waals surface area contributed by atoms with Gasteiger partial charge in [0.05, 0.1) is 24.7 Å². The molecule has 88 valence electrons. The van der Waals surface area contributed by atoms with Gasteiger partial charge in [-0.1, -0.05) is 0 Å². The third kappa shape index (κ3) is 3.27. The van der Waals surface area contributed by atoms with Gasteiger partial charge in [0.1, 0.15) is 5.75 Å². The fourth-order valence-corrected chi connectivity index (χ4v) is 1.26. The Morgan fingerprint density at radius 1 is 1.50 bits per heavy atom. The van der Waals surface area contributed by atoms with Crippen LogP contribution in [0.25, 0.3) is 0 Å². The second-order valence-electron chi connectivity index (χ2n) is 2.98. The summed E-state index contributed by atoms with van der Waals surface area (Å²) in [6.45, 7) is 0.437. The van der Waals surface area contributed by atoms with Gasteiger partial charge in [0.2, 0.25) is 0 Å². The van der Waals surface area contributed by atoms with Crippen molar-refractivity contribution in [2.45, 2.75) is 6.42 Å². The zero-order valence-corrected chi connectivity index (χ0v) is 9.57. The molecule has 0 aromatic heterocycles. The zero-order chi connectivity index (χ0) is 12.0. The summed E-state index contributed by atoms with van der Waals surface area (Å²) in [7, 11) is 1.39. The molecule has 1 rings (SSSR count). The molecule has 0 atom stereocenters. The predicted molar refractivity (Wildman–Crippen MR) is 60.5 cm³/mol. The predicted octanol–water partition coefficient (Wildman–Crippen LogP) is 2.61. The fraction of sp³-hybridized carbons (Fsp3) is 0.400. The summed E-state index contributed by atoms with van der Waals surface area (Å²) in [5, 5.41) is 10.7. The molecule has 0 aliphatic rings. The third-order valence-electron chi connectivity index (χ3n) is 1.89. The number of halogens is 1. The molecule has 0 bridgehead atoms. The number of hydrogen-bond donors (Lipinski definition) is 0. The Balaban J connectivity index is 2.81. The molecule has 0 aliphatic carbocycles. The molecule has 0 unspecified atom stereocenters. The molecule has 0 N–H and O–H groups in total. The van der Waals surface area contributed by atoms with Crippen LogP contribution in [-0.4, -0.2) is 24.5 Å². The average Bonchev–Trinajstić information content (AvgIpc) is 2.29. The maximum absolute atomic E-state index is 10.7. The number of hydrogen-bond acceptors (Lipinski definition) is 4. The lowest BCUT2D eigenvalue weighted by Crippen LogP contribution is -1.99. The summed E-state index contributed by atoms with van der Waals surface area (Å²) >= 11 is 5.49. The van der Waals surface area contributed by atoms with E-state index >= 15 is 0 Å². The highest BCUT2D eigenvalue weighted by Gasteiger charge is 2.15. The minimum atomic E-state index is -0.507. The van der Waals surface area contributed by atoms with Crippen molar-refractivity contribution in [2.24, 2.45) is 0 Å². The minimum absolute atomic E-state index is 0.106. The van der Waals surface area contributed by atoms with E-state index in [0.29, 0.717) is 24.7 Å². The van der Waals surface area contributed by atoms with Crippen LogP contribution in [0.5, 0.6) is 11.5 Å². The summed E-state index contributed by atoms with van der Waals surface area (Å²) in [5.41, 5.74) is -0.106. The molecule has 0 fully saturated rings. The number of nitro groups is 1. The smallest absolute Gasteiger partial charge is 0.314 e. The van der Waals surface area contributed by atoms with E-state index in [9.17, 15) is 10.1 Å². The summed E-state index contributed by atoms with van der Waals surface area (Å²) in [6, 6.07) is 4.47. The van der Waals surface area contributed by atoms with E-state index in [1.807, 2.05) is 0 Å². The zero-order valence-electron chi connectivity index (χ0n) is 8.81. The van der Waals surface area contributed by atoms with Gasteiger partial charge in [-0.15, -0.1) is 11.6 Å². The van der Waals surface area contributed by atoms with Gasteiger partial charge >= 0.3 is 5.69 Å². The van der Waals surface area contributed by atoms with E-state index in [0.717, 1.165) is 0 Å². The van der Waals surface area contributed by atoms with Gasteiger partial charge in [0.15, 0.2) is 5.75 Å². The van der Waals surface area contributed by atoms with E-state index in [4.69, 9.17) is 21.1 Å². The molecule has 1 aromatic rings. The average molecular weight is 246 g/mol. The van der Waals surface area contributed by atoms with Crippen LogP contribution >= 0.6 is 11.6 Å². The Morgan fingerprint density at radius 3 is 2.81 bits per heavy atom. The quantitative estimate of drug-likeness (QED) is 0.335. The highest BCUT2D eigenvalue weighted by Crippen LogP contribution is 2.30. The van der Waals surface area contributed by atoms with Crippen molar-refractivity contribution in [2.75, 3.05) is 19.6 Å². The summed E-state index contributed by atoms with van der Waals surface area (Å²) in [4.78, 5) is 10.2. The van der Waals surface area contributed by atoms with E-state index in [2.05, 4.69) is 0 Å². The molecular weight excluding hydrogens is 234 g/mol. The number of ether oxygens (including phenoxy) is 2. The Labute approximate surface area is 98.1 Å². The maximum atomic E-state index is 10.7. The number of nitro benzene ring substituents is 1. The Hall–Kier alpha value is -1.49. The Kier molecular flexibility index (Phi) is 4.85. The van der Waals surface area contributed by atoms with Crippen molar-refractivity contribution in [1.29, 1.82) is 0 Å². The fourth-order valence-electron chi connectivity index (χ4n) is 1.15. The molecule has 0 amide bonds. The van der Waals surface area contributed by atoms with E-state index < -0.39 is 4.92 Å². The number of methoxy groups -OCH3 is 1. The molecule has 0 radical (unpaired) electrons. The Morgan fingerprint density at radius 2 is 2.25 bits per heavy atom. The lowest BCUT2D eigenvalue weighted by molar-refractivity contribution is -0.385. The van der Waals surface area contributed by atoms with Crippen LogP contribution in [0.15, 0.2) is 18.2 Å².